The number of nitrogens with one attached hydrogen (secondary N) is 1. The van der Waals surface area contributed by atoms with Crippen LogP contribution in [-0.4, -0.2) is 15.5 Å². The first-order valence-corrected chi connectivity index (χ1v) is 5.13. The summed E-state index contributed by atoms with van der Waals surface area (Å²) in [6, 6.07) is 7.87. The summed E-state index contributed by atoms with van der Waals surface area (Å²) in [6.45, 7) is 2.52. The van der Waals surface area contributed by atoms with E-state index in [0.29, 0.717) is 13.0 Å². The summed E-state index contributed by atoms with van der Waals surface area (Å²) in [6.07, 6.45) is 0.359. The van der Waals surface area contributed by atoms with E-state index >= 15 is 0 Å². The molecule has 16 heavy (non-hydrogen) atoms. The number of hydrazine groups is 1. The van der Waals surface area contributed by atoms with Gasteiger partial charge in [0.15, 0.2) is 0 Å². The van der Waals surface area contributed by atoms with Gasteiger partial charge >= 0.3 is 0 Å². The van der Waals surface area contributed by atoms with E-state index in [1.165, 1.54) is 0 Å². The highest BCUT2D eigenvalue weighted by Crippen LogP contribution is 2.15. The number of aryl methyl sites for hydroxylation is 2. The van der Waals surface area contributed by atoms with Crippen LogP contribution in [0.1, 0.15) is 12.2 Å². The molecule has 0 unspecified atom stereocenters. The molecule has 0 fully saturated rings. The van der Waals surface area contributed by atoms with Crippen molar-refractivity contribution in [3.63, 3.8) is 0 Å². The molecule has 5 heteroatoms. The van der Waals surface area contributed by atoms with Crippen molar-refractivity contribution in [2.24, 2.45) is 5.84 Å². The summed E-state index contributed by atoms with van der Waals surface area (Å²) < 4.78 is 2.02. The SMILES string of the molecule is Cc1nc2ccccc2n1CCC(=O)NN. The number of imidazole rings is 1. The lowest BCUT2D eigenvalue weighted by Gasteiger charge is -2.05. The van der Waals surface area contributed by atoms with Crippen LogP contribution in [0.25, 0.3) is 11.0 Å². The molecular weight excluding hydrogens is 204 g/mol. The molecule has 1 aromatic heterocycles. The second-order valence-corrected chi connectivity index (χ2v) is 3.62. The van der Waals surface area contributed by atoms with Gasteiger partial charge in [0.2, 0.25) is 5.91 Å². The number of benzene rings is 1. The molecule has 0 saturated carbocycles. The van der Waals surface area contributed by atoms with Crippen LogP contribution in [0.5, 0.6) is 0 Å². The highest BCUT2D eigenvalue weighted by molar-refractivity contribution is 5.77. The third-order valence-corrected chi connectivity index (χ3v) is 2.57. The first-order chi connectivity index (χ1) is 7.72. The van der Waals surface area contributed by atoms with Crippen LogP contribution in [0.15, 0.2) is 24.3 Å². The number of aromatic nitrogens is 2. The molecule has 0 aliphatic rings. The number of nitrogens with two attached hydrogens (primary N) is 1. The molecule has 0 radical (unpaired) electrons. The Morgan fingerprint density at radius 2 is 2.25 bits per heavy atom. The Morgan fingerprint density at radius 1 is 1.50 bits per heavy atom. The van der Waals surface area contributed by atoms with Crippen molar-refractivity contribution in [1.29, 1.82) is 0 Å². The summed E-state index contributed by atoms with van der Waals surface area (Å²) in [7, 11) is 0. The molecule has 0 saturated heterocycles. The normalized spacial score (nSPS) is 10.6. The van der Waals surface area contributed by atoms with Crippen molar-refractivity contribution >= 4 is 16.9 Å². The molecular formula is C11H14N4O. The zero-order valence-electron chi connectivity index (χ0n) is 9.10. The lowest BCUT2D eigenvalue weighted by atomic mass is 10.3. The Morgan fingerprint density at radius 3 is 3.00 bits per heavy atom. The van der Waals surface area contributed by atoms with E-state index in [1.807, 2.05) is 35.8 Å². The smallest absolute Gasteiger partial charge is 0.235 e. The summed E-state index contributed by atoms with van der Waals surface area (Å²) in [5.41, 5.74) is 4.12. The van der Waals surface area contributed by atoms with Gasteiger partial charge in [-0.1, -0.05) is 12.1 Å². The summed E-state index contributed by atoms with van der Waals surface area (Å²) in [5.74, 6) is 5.78. The van der Waals surface area contributed by atoms with Crippen molar-refractivity contribution in [3.8, 4) is 0 Å². The van der Waals surface area contributed by atoms with Gasteiger partial charge in [-0.15, -0.1) is 0 Å². The number of para-hydroxylation sites is 2. The van der Waals surface area contributed by atoms with Crippen LogP contribution >= 0.6 is 0 Å². The third-order valence-electron chi connectivity index (χ3n) is 2.57. The second kappa shape index (κ2) is 4.32. The number of nitrogens with zero attached hydrogens (tertiary/aromatic N) is 2. The van der Waals surface area contributed by atoms with Crippen molar-refractivity contribution in [3.05, 3.63) is 30.1 Å². The van der Waals surface area contributed by atoms with Gasteiger partial charge in [0.25, 0.3) is 0 Å². The Kier molecular flexibility index (Phi) is 2.87. The Labute approximate surface area is 93.2 Å². The fourth-order valence-electron chi connectivity index (χ4n) is 1.76. The van der Waals surface area contributed by atoms with E-state index in [9.17, 15) is 4.79 Å². The number of fused-ring (bicyclic) bond motifs is 1. The minimum atomic E-state index is -0.169. The molecule has 2 aromatic rings. The van der Waals surface area contributed by atoms with Crippen LogP contribution in [0.2, 0.25) is 0 Å². The number of carbonyl (C=O) groups is 1. The lowest BCUT2D eigenvalue weighted by Crippen LogP contribution is -2.30. The summed E-state index contributed by atoms with van der Waals surface area (Å²) in [4.78, 5) is 15.5. The van der Waals surface area contributed by atoms with Crippen LogP contribution in [-0.2, 0) is 11.3 Å². The maximum Gasteiger partial charge on any atom is 0.235 e. The molecule has 1 aromatic carbocycles. The highest BCUT2D eigenvalue weighted by atomic mass is 16.2. The molecule has 2 rings (SSSR count). The predicted octanol–water partition coefficient (Wildman–Crippen LogP) is 0.725. The molecule has 0 aliphatic heterocycles. The minimum Gasteiger partial charge on any atom is -0.328 e. The summed E-state index contributed by atoms with van der Waals surface area (Å²) in [5, 5.41) is 0. The van der Waals surface area contributed by atoms with Crippen LogP contribution in [0.3, 0.4) is 0 Å². The van der Waals surface area contributed by atoms with Crippen molar-refractivity contribution in [1.82, 2.24) is 15.0 Å². The standard InChI is InChI=1S/C11H14N4O/c1-8-13-9-4-2-3-5-10(9)15(8)7-6-11(16)14-12/h2-5H,6-7,12H2,1H3,(H,14,16). The lowest BCUT2D eigenvalue weighted by molar-refractivity contribution is -0.121. The first kappa shape index (κ1) is 10.6. The van der Waals surface area contributed by atoms with Crippen molar-refractivity contribution < 1.29 is 4.79 Å². The van der Waals surface area contributed by atoms with E-state index in [4.69, 9.17) is 5.84 Å². The minimum absolute atomic E-state index is 0.169. The van der Waals surface area contributed by atoms with E-state index in [0.717, 1.165) is 16.9 Å². The highest BCUT2D eigenvalue weighted by Gasteiger charge is 2.07. The van der Waals surface area contributed by atoms with E-state index < -0.39 is 0 Å². The molecule has 1 heterocycles. The van der Waals surface area contributed by atoms with Gasteiger partial charge in [-0.05, 0) is 19.1 Å². The second-order valence-electron chi connectivity index (χ2n) is 3.62. The summed E-state index contributed by atoms with van der Waals surface area (Å²) >= 11 is 0. The Balaban J connectivity index is 2.29. The van der Waals surface area contributed by atoms with Crippen LogP contribution < -0.4 is 11.3 Å². The number of carbonyl (C=O) groups excluding carboxylic acids is 1. The van der Waals surface area contributed by atoms with E-state index in [-0.39, 0.29) is 5.91 Å². The molecule has 5 nitrogen and oxygen atoms in total. The maximum absolute atomic E-state index is 11.1. The third kappa shape index (κ3) is 1.90. The van der Waals surface area contributed by atoms with Gasteiger partial charge in [0.05, 0.1) is 11.0 Å². The van der Waals surface area contributed by atoms with Gasteiger partial charge < -0.3 is 4.57 Å². The fraction of sp³-hybridized carbons (Fsp3) is 0.273. The van der Waals surface area contributed by atoms with Gasteiger partial charge in [0, 0.05) is 13.0 Å². The van der Waals surface area contributed by atoms with Gasteiger partial charge in [-0.3, -0.25) is 10.2 Å². The number of rotatable bonds is 3. The largest absolute Gasteiger partial charge is 0.328 e. The average Bonchev–Trinajstić information content (AvgIpc) is 2.62. The van der Waals surface area contributed by atoms with Crippen LogP contribution in [0, 0.1) is 6.92 Å². The van der Waals surface area contributed by atoms with Gasteiger partial charge in [0.1, 0.15) is 5.82 Å². The Hall–Kier alpha value is -1.88. The number of amides is 1. The van der Waals surface area contributed by atoms with Gasteiger partial charge in [-0.25, -0.2) is 10.8 Å². The molecule has 3 N–H and O–H groups in total. The zero-order chi connectivity index (χ0) is 11.5. The fourth-order valence-corrected chi connectivity index (χ4v) is 1.76. The molecule has 0 bridgehead atoms. The van der Waals surface area contributed by atoms with E-state index in [2.05, 4.69) is 10.4 Å². The first-order valence-electron chi connectivity index (χ1n) is 5.13. The van der Waals surface area contributed by atoms with E-state index in [1.54, 1.807) is 0 Å². The molecule has 0 atom stereocenters. The maximum atomic E-state index is 11.1. The molecule has 84 valence electrons. The number of hydrogen-bond donors (Lipinski definition) is 2. The zero-order valence-corrected chi connectivity index (χ0v) is 9.10. The molecule has 0 spiro atoms. The predicted molar refractivity (Wildman–Crippen MR) is 61.4 cm³/mol. The Bertz CT molecular complexity index is 518. The van der Waals surface area contributed by atoms with Crippen molar-refractivity contribution in [2.75, 3.05) is 0 Å². The van der Waals surface area contributed by atoms with Crippen molar-refractivity contribution in [2.45, 2.75) is 19.9 Å². The van der Waals surface area contributed by atoms with Gasteiger partial charge in [-0.2, -0.15) is 0 Å². The monoisotopic (exact) mass is 218 g/mol. The molecule has 1 amide bonds. The van der Waals surface area contributed by atoms with Crippen LogP contribution in [0.4, 0.5) is 0 Å². The average molecular weight is 218 g/mol. The number of hydrogen-bond acceptors (Lipinski definition) is 3. The quantitative estimate of drug-likeness (QED) is 0.453. The molecule has 0 aliphatic carbocycles. The topological polar surface area (TPSA) is 72.9 Å².